The van der Waals surface area contributed by atoms with Gasteiger partial charge in [0.2, 0.25) is 0 Å². The summed E-state index contributed by atoms with van der Waals surface area (Å²) in [5.41, 5.74) is 2.23. The highest BCUT2D eigenvalue weighted by atomic mass is 16.5. The Kier molecular flexibility index (Phi) is 8.46. The van der Waals surface area contributed by atoms with Gasteiger partial charge in [-0.3, -0.25) is 0 Å². The zero-order valence-corrected chi connectivity index (χ0v) is 17.1. The van der Waals surface area contributed by atoms with Crippen molar-refractivity contribution in [1.29, 1.82) is 0 Å². The van der Waals surface area contributed by atoms with Gasteiger partial charge >= 0.3 is 6.03 Å². The largest absolute Gasteiger partial charge is 0.493 e. The van der Waals surface area contributed by atoms with Crippen LogP contribution in [0.3, 0.4) is 0 Å². The van der Waals surface area contributed by atoms with Crippen molar-refractivity contribution in [2.24, 2.45) is 0 Å². The monoisotopic (exact) mass is 386 g/mol. The maximum absolute atomic E-state index is 11.9. The standard InChI is InChI=1S/C22H30N2O4/c1-16(2)28-19-8-5-17(6-9-19)11-13-23-22(25)24-14-12-18-7-10-20(26-3)21(15-18)27-4/h5-10,15-16H,11-14H2,1-4H3,(H2,23,24,25). The Labute approximate surface area is 167 Å². The quantitative estimate of drug-likeness (QED) is 0.655. The SMILES string of the molecule is COc1ccc(CCNC(=O)NCCc2ccc(OC(C)C)cc2)cc1OC. The van der Waals surface area contributed by atoms with Gasteiger partial charge in [-0.05, 0) is 62.1 Å². The minimum Gasteiger partial charge on any atom is -0.493 e. The summed E-state index contributed by atoms with van der Waals surface area (Å²) < 4.78 is 16.1. The molecule has 0 radical (unpaired) electrons. The molecule has 0 fully saturated rings. The second kappa shape index (κ2) is 11.1. The van der Waals surface area contributed by atoms with Crippen LogP contribution in [0, 0.1) is 0 Å². The number of nitrogens with one attached hydrogen (secondary N) is 2. The lowest BCUT2D eigenvalue weighted by molar-refractivity contribution is 0.240. The minimum absolute atomic E-state index is 0.162. The summed E-state index contributed by atoms with van der Waals surface area (Å²) in [7, 11) is 3.22. The van der Waals surface area contributed by atoms with Crippen LogP contribution in [0.5, 0.6) is 17.2 Å². The van der Waals surface area contributed by atoms with Crippen LogP contribution >= 0.6 is 0 Å². The number of hydrogen-bond acceptors (Lipinski definition) is 4. The smallest absolute Gasteiger partial charge is 0.314 e. The number of urea groups is 1. The van der Waals surface area contributed by atoms with Crippen molar-refractivity contribution < 1.29 is 19.0 Å². The van der Waals surface area contributed by atoms with Gasteiger partial charge in [0.1, 0.15) is 5.75 Å². The number of carbonyl (C=O) groups excluding carboxylic acids is 1. The van der Waals surface area contributed by atoms with E-state index in [1.54, 1.807) is 14.2 Å². The molecular formula is C22H30N2O4. The number of methoxy groups -OCH3 is 2. The number of benzene rings is 2. The Morgan fingerprint density at radius 3 is 2.00 bits per heavy atom. The number of amides is 2. The molecule has 2 aromatic carbocycles. The van der Waals surface area contributed by atoms with Crippen LogP contribution < -0.4 is 24.8 Å². The molecule has 0 heterocycles. The van der Waals surface area contributed by atoms with Crippen LogP contribution in [0.2, 0.25) is 0 Å². The molecule has 0 aliphatic carbocycles. The van der Waals surface area contributed by atoms with E-state index in [4.69, 9.17) is 14.2 Å². The van der Waals surface area contributed by atoms with E-state index < -0.39 is 0 Å². The Balaban J connectivity index is 1.67. The van der Waals surface area contributed by atoms with Crippen LogP contribution in [0.25, 0.3) is 0 Å². The zero-order valence-electron chi connectivity index (χ0n) is 17.1. The second-order valence-corrected chi connectivity index (χ2v) is 6.68. The first kappa shape index (κ1) is 21.4. The molecule has 0 aliphatic heterocycles. The van der Waals surface area contributed by atoms with Crippen molar-refractivity contribution in [3.8, 4) is 17.2 Å². The third-order valence-corrected chi connectivity index (χ3v) is 4.14. The molecule has 0 atom stereocenters. The molecular weight excluding hydrogens is 356 g/mol. The van der Waals surface area contributed by atoms with Gasteiger partial charge < -0.3 is 24.8 Å². The van der Waals surface area contributed by atoms with E-state index in [2.05, 4.69) is 10.6 Å². The van der Waals surface area contributed by atoms with E-state index >= 15 is 0 Å². The number of hydrogen-bond donors (Lipinski definition) is 2. The van der Waals surface area contributed by atoms with Crippen molar-refractivity contribution in [2.75, 3.05) is 27.3 Å². The summed E-state index contributed by atoms with van der Waals surface area (Å²) in [6.45, 7) is 5.12. The van der Waals surface area contributed by atoms with Crippen molar-refractivity contribution in [2.45, 2.75) is 32.8 Å². The molecule has 0 spiro atoms. The van der Waals surface area contributed by atoms with Crippen LogP contribution in [0.4, 0.5) is 4.79 Å². The minimum atomic E-state index is -0.166. The zero-order chi connectivity index (χ0) is 20.4. The first-order valence-corrected chi connectivity index (χ1v) is 9.50. The van der Waals surface area contributed by atoms with Gasteiger partial charge in [-0.2, -0.15) is 0 Å². The van der Waals surface area contributed by atoms with Crippen LogP contribution in [0.15, 0.2) is 42.5 Å². The molecule has 0 aliphatic rings. The molecule has 0 aromatic heterocycles. The maximum Gasteiger partial charge on any atom is 0.314 e. The lowest BCUT2D eigenvalue weighted by Gasteiger charge is -2.11. The highest BCUT2D eigenvalue weighted by molar-refractivity contribution is 5.73. The Morgan fingerprint density at radius 2 is 1.43 bits per heavy atom. The molecule has 0 bridgehead atoms. The van der Waals surface area contributed by atoms with E-state index in [0.29, 0.717) is 31.0 Å². The Hall–Kier alpha value is -2.89. The van der Waals surface area contributed by atoms with E-state index in [1.807, 2.05) is 56.3 Å². The predicted molar refractivity (Wildman–Crippen MR) is 111 cm³/mol. The molecule has 28 heavy (non-hydrogen) atoms. The first-order chi connectivity index (χ1) is 13.5. The fourth-order valence-electron chi connectivity index (χ4n) is 2.75. The van der Waals surface area contributed by atoms with Gasteiger partial charge in [-0.1, -0.05) is 18.2 Å². The van der Waals surface area contributed by atoms with E-state index in [0.717, 1.165) is 23.3 Å². The molecule has 6 heteroatoms. The Morgan fingerprint density at radius 1 is 0.857 bits per heavy atom. The van der Waals surface area contributed by atoms with Gasteiger partial charge in [0, 0.05) is 13.1 Å². The van der Waals surface area contributed by atoms with Gasteiger partial charge in [-0.25, -0.2) is 4.79 Å². The molecule has 152 valence electrons. The molecule has 0 saturated heterocycles. The molecule has 6 nitrogen and oxygen atoms in total. The summed E-state index contributed by atoms with van der Waals surface area (Å²) in [4.78, 5) is 11.9. The van der Waals surface area contributed by atoms with Crippen molar-refractivity contribution >= 4 is 6.03 Å². The number of ether oxygens (including phenoxy) is 3. The molecule has 2 rings (SSSR count). The Bertz CT molecular complexity index is 745. The predicted octanol–water partition coefficient (Wildman–Crippen LogP) is 3.58. The highest BCUT2D eigenvalue weighted by Crippen LogP contribution is 2.27. The maximum atomic E-state index is 11.9. The van der Waals surface area contributed by atoms with Crippen LogP contribution in [0.1, 0.15) is 25.0 Å². The summed E-state index contributed by atoms with van der Waals surface area (Å²) in [6.07, 6.45) is 1.64. The van der Waals surface area contributed by atoms with Crippen LogP contribution in [-0.2, 0) is 12.8 Å². The van der Waals surface area contributed by atoms with Crippen molar-refractivity contribution in [1.82, 2.24) is 10.6 Å². The fraction of sp³-hybridized carbons (Fsp3) is 0.409. The van der Waals surface area contributed by atoms with Gasteiger partial charge in [-0.15, -0.1) is 0 Å². The lowest BCUT2D eigenvalue weighted by atomic mass is 10.1. The normalized spacial score (nSPS) is 10.5. The van der Waals surface area contributed by atoms with Crippen molar-refractivity contribution in [3.05, 3.63) is 53.6 Å². The van der Waals surface area contributed by atoms with Gasteiger partial charge in [0.15, 0.2) is 11.5 Å². The van der Waals surface area contributed by atoms with Crippen molar-refractivity contribution in [3.63, 3.8) is 0 Å². The molecule has 2 aromatic rings. The third kappa shape index (κ3) is 7.02. The fourth-order valence-corrected chi connectivity index (χ4v) is 2.75. The molecule has 2 N–H and O–H groups in total. The summed E-state index contributed by atoms with van der Waals surface area (Å²) in [6, 6.07) is 13.5. The summed E-state index contributed by atoms with van der Waals surface area (Å²) >= 11 is 0. The number of rotatable bonds is 10. The average molecular weight is 386 g/mol. The van der Waals surface area contributed by atoms with E-state index in [9.17, 15) is 4.79 Å². The second-order valence-electron chi connectivity index (χ2n) is 6.68. The lowest BCUT2D eigenvalue weighted by Crippen LogP contribution is -2.37. The average Bonchev–Trinajstić information content (AvgIpc) is 2.68. The highest BCUT2D eigenvalue weighted by Gasteiger charge is 2.05. The molecule has 0 saturated carbocycles. The molecule has 2 amide bonds. The van der Waals surface area contributed by atoms with E-state index in [1.165, 1.54) is 0 Å². The van der Waals surface area contributed by atoms with Gasteiger partial charge in [0.05, 0.1) is 20.3 Å². The first-order valence-electron chi connectivity index (χ1n) is 9.50. The topological polar surface area (TPSA) is 68.8 Å². The number of carbonyl (C=O) groups is 1. The van der Waals surface area contributed by atoms with Gasteiger partial charge in [0.25, 0.3) is 0 Å². The third-order valence-electron chi connectivity index (χ3n) is 4.14. The summed E-state index contributed by atoms with van der Waals surface area (Å²) in [5, 5.41) is 5.75. The molecule has 0 unspecified atom stereocenters. The van der Waals surface area contributed by atoms with Crippen LogP contribution in [-0.4, -0.2) is 39.4 Å². The van der Waals surface area contributed by atoms with E-state index in [-0.39, 0.29) is 12.1 Å². The summed E-state index contributed by atoms with van der Waals surface area (Å²) in [5.74, 6) is 2.25.